The average Bonchev–Trinajstić information content (AvgIpc) is 2.94. The number of nitrogens with two attached hydrogens (primary N) is 1. The van der Waals surface area contributed by atoms with Crippen LogP contribution in [0.25, 0.3) is 0 Å². The van der Waals surface area contributed by atoms with Gasteiger partial charge in [0.05, 0.1) is 12.5 Å². The summed E-state index contributed by atoms with van der Waals surface area (Å²) in [5, 5.41) is 2.88. The molecule has 1 aromatic heterocycles. The predicted molar refractivity (Wildman–Crippen MR) is 94.2 cm³/mol. The first-order valence-electron chi connectivity index (χ1n) is 7.35. The molecule has 0 aromatic carbocycles. The van der Waals surface area contributed by atoms with Crippen molar-refractivity contribution in [3.05, 3.63) is 17.0 Å². The third-order valence-corrected chi connectivity index (χ3v) is 7.17. The van der Waals surface area contributed by atoms with E-state index in [9.17, 15) is 13.2 Å². The van der Waals surface area contributed by atoms with Gasteiger partial charge >= 0.3 is 0 Å². The minimum absolute atomic E-state index is 0. The van der Waals surface area contributed by atoms with E-state index in [2.05, 4.69) is 10.0 Å². The Bertz CT molecular complexity index is 643. The van der Waals surface area contributed by atoms with Gasteiger partial charge in [0.1, 0.15) is 4.21 Å². The minimum atomic E-state index is -3.42. The minimum Gasteiger partial charge on any atom is -0.351 e. The quantitative estimate of drug-likeness (QED) is 0.720. The van der Waals surface area contributed by atoms with Crippen LogP contribution < -0.4 is 15.8 Å². The second kappa shape index (κ2) is 7.94. The van der Waals surface area contributed by atoms with Crippen molar-refractivity contribution in [2.75, 3.05) is 7.05 Å². The molecule has 1 heterocycles. The molecule has 132 valence electrons. The molecule has 2 unspecified atom stereocenters. The number of hydrogen-bond acceptors (Lipinski definition) is 5. The molecule has 0 radical (unpaired) electrons. The lowest BCUT2D eigenvalue weighted by Crippen LogP contribution is -2.52. The summed E-state index contributed by atoms with van der Waals surface area (Å²) in [6, 6.07) is 3.27. The second-order valence-corrected chi connectivity index (χ2v) is 9.23. The Morgan fingerprint density at radius 3 is 2.74 bits per heavy atom. The van der Waals surface area contributed by atoms with Gasteiger partial charge in [-0.2, -0.15) is 0 Å². The molecular formula is C14H24ClN3O3S2. The molecule has 1 saturated carbocycles. The maximum Gasteiger partial charge on any atom is 0.249 e. The van der Waals surface area contributed by atoms with Crippen LogP contribution in [0.2, 0.25) is 0 Å². The van der Waals surface area contributed by atoms with Crippen molar-refractivity contribution in [1.29, 1.82) is 0 Å². The summed E-state index contributed by atoms with van der Waals surface area (Å²) < 4.78 is 25.9. The van der Waals surface area contributed by atoms with Crippen LogP contribution in [-0.2, 0) is 21.4 Å². The fraction of sp³-hybridized carbons (Fsp3) is 0.643. The molecule has 0 bridgehead atoms. The van der Waals surface area contributed by atoms with Gasteiger partial charge in [-0.15, -0.1) is 23.7 Å². The fourth-order valence-electron chi connectivity index (χ4n) is 2.78. The lowest BCUT2D eigenvalue weighted by molar-refractivity contribution is -0.128. The number of carbonyl (C=O) groups excluding carboxylic acids is 1. The molecule has 0 aliphatic heterocycles. The Balaban J connectivity index is 0.00000264. The van der Waals surface area contributed by atoms with Crippen LogP contribution in [0.15, 0.2) is 16.3 Å². The van der Waals surface area contributed by atoms with E-state index in [4.69, 9.17) is 5.73 Å². The maximum atomic E-state index is 12.3. The van der Waals surface area contributed by atoms with Crippen LogP contribution in [0, 0.1) is 5.92 Å². The van der Waals surface area contributed by atoms with Crippen molar-refractivity contribution >= 4 is 39.7 Å². The van der Waals surface area contributed by atoms with Gasteiger partial charge < -0.3 is 11.1 Å². The van der Waals surface area contributed by atoms with Gasteiger partial charge in [0.2, 0.25) is 15.9 Å². The van der Waals surface area contributed by atoms with Crippen molar-refractivity contribution in [2.45, 2.75) is 48.9 Å². The zero-order valence-corrected chi connectivity index (χ0v) is 15.7. The summed E-state index contributed by atoms with van der Waals surface area (Å²) >= 11 is 1.16. The van der Waals surface area contributed by atoms with Crippen LogP contribution in [0.1, 0.15) is 37.5 Å². The first-order chi connectivity index (χ1) is 10.3. The van der Waals surface area contributed by atoms with Crippen molar-refractivity contribution in [3.8, 4) is 0 Å². The van der Waals surface area contributed by atoms with Gasteiger partial charge in [-0.05, 0) is 38.9 Å². The Hall–Kier alpha value is -0.670. The highest BCUT2D eigenvalue weighted by molar-refractivity contribution is 7.91. The van der Waals surface area contributed by atoms with E-state index < -0.39 is 15.6 Å². The normalized spacial score (nSPS) is 24.7. The van der Waals surface area contributed by atoms with Gasteiger partial charge in [0.15, 0.2) is 0 Å². The topological polar surface area (TPSA) is 101 Å². The predicted octanol–water partition coefficient (Wildman–Crippen LogP) is 1.60. The molecule has 6 nitrogen and oxygen atoms in total. The molecule has 2 atom stereocenters. The molecule has 0 spiro atoms. The van der Waals surface area contributed by atoms with Crippen LogP contribution in [0.3, 0.4) is 0 Å². The Labute approximate surface area is 147 Å². The number of carbonyl (C=O) groups is 1. The molecule has 1 aliphatic carbocycles. The second-order valence-electron chi connectivity index (χ2n) is 5.95. The highest BCUT2D eigenvalue weighted by Gasteiger charge is 2.37. The zero-order chi connectivity index (χ0) is 16.4. The van der Waals surface area contributed by atoms with Crippen molar-refractivity contribution < 1.29 is 13.2 Å². The largest absolute Gasteiger partial charge is 0.351 e. The van der Waals surface area contributed by atoms with E-state index in [1.54, 1.807) is 12.1 Å². The van der Waals surface area contributed by atoms with Gasteiger partial charge in [-0.1, -0.05) is 12.8 Å². The van der Waals surface area contributed by atoms with Gasteiger partial charge in [0.25, 0.3) is 0 Å². The molecule has 1 amide bonds. The standard InChI is InChI=1S/C14H23N3O3S2.ClH/c1-14(15)8-4-3-5-11(14)13(18)17-9-10-6-7-12(21-10)22(19,20)16-2;/h6-7,11,16H,3-5,8-9,15H2,1-2H3,(H,17,18);1H. The smallest absolute Gasteiger partial charge is 0.249 e. The van der Waals surface area contributed by atoms with E-state index >= 15 is 0 Å². The Morgan fingerprint density at radius 2 is 2.13 bits per heavy atom. The zero-order valence-electron chi connectivity index (χ0n) is 13.3. The van der Waals surface area contributed by atoms with Crippen molar-refractivity contribution in [2.24, 2.45) is 11.7 Å². The van der Waals surface area contributed by atoms with E-state index in [-0.39, 0.29) is 28.4 Å². The molecule has 2 rings (SSSR count). The van der Waals surface area contributed by atoms with E-state index in [0.29, 0.717) is 6.54 Å². The van der Waals surface area contributed by atoms with Crippen molar-refractivity contribution in [1.82, 2.24) is 10.0 Å². The van der Waals surface area contributed by atoms with E-state index in [1.165, 1.54) is 7.05 Å². The molecule has 1 fully saturated rings. The van der Waals surface area contributed by atoms with Gasteiger partial charge in [-0.3, -0.25) is 4.79 Å². The summed E-state index contributed by atoms with van der Waals surface area (Å²) in [6.45, 7) is 2.26. The van der Waals surface area contributed by atoms with Crippen LogP contribution in [-0.4, -0.2) is 26.9 Å². The number of rotatable bonds is 5. The third kappa shape index (κ3) is 4.90. The van der Waals surface area contributed by atoms with Crippen LogP contribution >= 0.6 is 23.7 Å². The number of halogens is 1. The molecule has 23 heavy (non-hydrogen) atoms. The number of hydrogen-bond donors (Lipinski definition) is 3. The summed E-state index contributed by atoms with van der Waals surface area (Å²) in [6.07, 6.45) is 3.75. The summed E-state index contributed by atoms with van der Waals surface area (Å²) in [7, 11) is -2.04. The molecular weight excluding hydrogens is 358 g/mol. The van der Waals surface area contributed by atoms with Gasteiger partial charge in [0, 0.05) is 10.4 Å². The van der Waals surface area contributed by atoms with Crippen LogP contribution in [0.4, 0.5) is 0 Å². The summed E-state index contributed by atoms with van der Waals surface area (Å²) in [4.78, 5) is 13.1. The summed E-state index contributed by atoms with van der Waals surface area (Å²) in [5.41, 5.74) is 5.77. The lowest BCUT2D eigenvalue weighted by atomic mass is 9.74. The molecule has 9 heteroatoms. The first-order valence-corrected chi connectivity index (χ1v) is 9.65. The van der Waals surface area contributed by atoms with Crippen LogP contribution in [0.5, 0.6) is 0 Å². The number of amides is 1. The van der Waals surface area contributed by atoms with E-state index in [0.717, 1.165) is 41.9 Å². The number of sulfonamides is 1. The van der Waals surface area contributed by atoms with E-state index in [1.807, 2.05) is 6.92 Å². The third-order valence-electron chi connectivity index (χ3n) is 4.18. The lowest BCUT2D eigenvalue weighted by Gasteiger charge is -2.37. The molecule has 4 N–H and O–H groups in total. The number of thiophene rings is 1. The SMILES string of the molecule is CNS(=O)(=O)c1ccc(CNC(=O)C2CCCCC2(C)N)s1.Cl. The van der Waals surface area contributed by atoms with Gasteiger partial charge in [-0.25, -0.2) is 13.1 Å². The summed E-state index contributed by atoms with van der Waals surface area (Å²) in [5.74, 6) is -0.224. The first kappa shape index (κ1) is 20.4. The average molecular weight is 382 g/mol. The number of nitrogens with one attached hydrogen (secondary N) is 2. The molecule has 1 aromatic rings. The Kier molecular flexibility index (Phi) is 7.03. The Morgan fingerprint density at radius 1 is 1.43 bits per heavy atom. The van der Waals surface area contributed by atoms with Crippen molar-refractivity contribution in [3.63, 3.8) is 0 Å². The fourth-order valence-corrected chi connectivity index (χ4v) is 4.92. The molecule has 0 saturated heterocycles. The highest BCUT2D eigenvalue weighted by Crippen LogP contribution is 2.31. The maximum absolute atomic E-state index is 12.3. The highest BCUT2D eigenvalue weighted by atomic mass is 35.5. The monoisotopic (exact) mass is 381 g/mol. The molecule has 1 aliphatic rings.